The molecule has 1 N–H and O–H groups in total. The Balaban J connectivity index is 1.86. The fourth-order valence-electron chi connectivity index (χ4n) is 3.64. The van der Waals surface area contributed by atoms with E-state index in [1.807, 2.05) is 0 Å². The normalized spacial score (nSPS) is 34.5. The fourth-order valence-corrected chi connectivity index (χ4v) is 3.64. The Morgan fingerprint density at radius 2 is 1.45 bits per heavy atom. The van der Waals surface area contributed by atoms with Gasteiger partial charge in [0.25, 0.3) is 0 Å². The fraction of sp³-hybridized carbons (Fsp3) is 0.824. The number of hydrogen-bond acceptors (Lipinski definition) is 2. The molecule has 0 radical (unpaired) electrons. The summed E-state index contributed by atoms with van der Waals surface area (Å²) in [6.45, 7) is 2.17. The van der Waals surface area contributed by atoms with E-state index in [4.69, 9.17) is 0 Å². The molecule has 2 nitrogen and oxygen atoms in total. The Kier molecular flexibility index (Phi) is 5.56. The molecule has 0 aromatic carbocycles. The van der Waals surface area contributed by atoms with Crippen molar-refractivity contribution >= 4 is 5.78 Å². The summed E-state index contributed by atoms with van der Waals surface area (Å²) in [5.41, 5.74) is 0. The van der Waals surface area contributed by atoms with Gasteiger partial charge in [0.15, 0.2) is 5.78 Å². The highest BCUT2D eigenvalue weighted by Gasteiger charge is 2.42. The van der Waals surface area contributed by atoms with Crippen molar-refractivity contribution in [2.24, 2.45) is 23.7 Å². The van der Waals surface area contributed by atoms with Crippen LogP contribution in [0.25, 0.3) is 0 Å². The quantitative estimate of drug-likeness (QED) is 0.574. The molecule has 0 aromatic rings. The number of ketones is 1. The number of alkyl halides is 3. The van der Waals surface area contributed by atoms with Crippen LogP contribution >= 0.6 is 0 Å². The first kappa shape index (κ1) is 17.4. The summed E-state index contributed by atoms with van der Waals surface area (Å²) in [6, 6.07) is 0. The molecular weight excluding hydrogens is 293 g/mol. The SMILES string of the molecule is CC1CCC(C(=O)C=C(O)C2CCC(C(F)(F)F)CC2)CC1. The highest BCUT2D eigenvalue weighted by atomic mass is 19.4. The molecule has 0 heterocycles. The predicted molar refractivity (Wildman–Crippen MR) is 78.3 cm³/mol. The van der Waals surface area contributed by atoms with Crippen molar-refractivity contribution < 1.29 is 23.1 Å². The topological polar surface area (TPSA) is 37.3 Å². The van der Waals surface area contributed by atoms with Crippen LogP contribution in [-0.2, 0) is 4.79 Å². The third-order valence-electron chi connectivity index (χ3n) is 5.32. The van der Waals surface area contributed by atoms with Gasteiger partial charge < -0.3 is 5.11 Å². The zero-order valence-corrected chi connectivity index (χ0v) is 13.0. The monoisotopic (exact) mass is 318 g/mol. The van der Waals surface area contributed by atoms with Crippen LogP contribution in [0, 0.1) is 23.7 Å². The molecule has 0 aliphatic heterocycles. The summed E-state index contributed by atoms with van der Waals surface area (Å²) in [6.07, 6.45) is 1.61. The molecule has 5 heteroatoms. The lowest BCUT2D eigenvalue weighted by atomic mass is 9.78. The smallest absolute Gasteiger partial charge is 0.391 e. The van der Waals surface area contributed by atoms with Gasteiger partial charge in [0.1, 0.15) is 0 Å². The summed E-state index contributed by atoms with van der Waals surface area (Å²) in [5, 5.41) is 10.1. The Labute approximate surface area is 129 Å². The number of carbonyl (C=O) groups excluding carboxylic acids is 1. The van der Waals surface area contributed by atoms with Crippen LogP contribution in [0.4, 0.5) is 13.2 Å². The number of carbonyl (C=O) groups is 1. The van der Waals surface area contributed by atoms with E-state index in [1.54, 1.807) is 0 Å². The Bertz CT molecular complexity index is 412. The Hall–Kier alpha value is -1.00. The first-order valence-corrected chi connectivity index (χ1v) is 8.28. The van der Waals surface area contributed by atoms with Gasteiger partial charge in [-0.15, -0.1) is 0 Å². The first-order chi connectivity index (χ1) is 10.3. The molecule has 22 heavy (non-hydrogen) atoms. The number of hydrogen-bond donors (Lipinski definition) is 1. The van der Waals surface area contributed by atoms with E-state index in [-0.39, 0.29) is 36.2 Å². The zero-order chi connectivity index (χ0) is 16.3. The molecule has 0 bridgehead atoms. The third kappa shape index (κ3) is 4.50. The summed E-state index contributed by atoms with van der Waals surface area (Å²) in [4.78, 5) is 12.2. The number of allylic oxidation sites excluding steroid dienone is 2. The van der Waals surface area contributed by atoms with E-state index in [0.29, 0.717) is 18.8 Å². The largest absolute Gasteiger partial charge is 0.512 e. The predicted octanol–water partition coefficient (Wildman–Crippen LogP) is 5.19. The molecule has 0 atom stereocenters. The maximum absolute atomic E-state index is 12.6. The Morgan fingerprint density at radius 3 is 1.95 bits per heavy atom. The maximum Gasteiger partial charge on any atom is 0.391 e. The van der Waals surface area contributed by atoms with Gasteiger partial charge in [0, 0.05) is 17.9 Å². The maximum atomic E-state index is 12.6. The molecule has 0 amide bonds. The average molecular weight is 318 g/mol. The standard InChI is InChI=1S/C17H25F3O2/c1-11-2-4-12(5-3-11)15(21)10-16(22)13-6-8-14(9-7-13)17(18,19)20/h10-14,22H,2-9H2,1H3. The lowest BCUT2D eigenvalue weighted by molar-refractivity contribution is -0.183. The van der Waals surface area contributed by atoms with Crippen LogP contribution in [0.15, 0.2) is 11.8 Å². The van der Waals surface area contributed by atoms with Crippen molar-refractivity contribution in [2.75, 3.05) is 0 Å². The van der Waals surface area contributed by atoms with Crippen molar-refractivity contribution in [3.05, 3.63) is 11.8 Å². The minimum absolute atomic E-state index is 0.00996. The molecule has 2 aliphatic carbocycles. The molecule has 2 fully saturated rings. The molecular formula is C17H25F3O2. The first-order valence-electron chi connectivity index (χ1n) is 8.28. The van der Waals surface area contributed by atoms with Crippen LogP contribution in [-0.4, -0.2) is 17.1 Å². The van der Waals surface area contributed by atoms with Crippen molar-refractivity contribution in [1.82, 2.24) is 0 Å². The van der Waals surface area contributed by atoms with Crippen molar-refractivity contribution in [3.8, 4) is 0 Å². The number of aliphatic hydroxyl groups is 1. The van der Waals surface area contributed by atoms with E-state index >= 15 is 0 Å². The second-order valence-corrected chi connectivity index (χ2v) is 7.02. The molecule has 0 aromatic heterocycles. The lowest BCUT2D eigenvalue weighted by Crippen LogP contribution is -2.28. The van der Waals surface area contributed by atoms with Gasteiger partial charge in [-0.05, 0) is 44.4 Å². The second kappa shape index (κ2) is 7.05. The molecule has 0 saturated heterocycles. The zero-order valence-electron chi connectivity index (χ0n) is 13.0. The van der Waals surface area contributed by atoms with Gasteiger partial charge in [-0.25, -0.2) is 0 Å². The molecule has 2 rings (SSSR count). The molecule has 2 saturated carbocycles. The second-order valence-electron chi connectivity index (χ2n) is 7.02. The number of aliphatic hydroxyl groups excluding tert-OH is 1. The van der Waals surface area contributed by atoms with E-state index in [0.717, 1.165) is 25.7 Å². The van der Waals surface area contributed by atoms with Gasteiger partial charge in [0.05, 0.1) is 11.7 Å². The van der Waals surface area contributed by atoms with Crippen molar-refractivity contribution in [3.63, 3.8) is 0 Å². The summed E-state index contributed by atoms with van der Waals surface area (Å²) < 4.78 is 37.9. The van der Waals surface area contributed by atoms with Crippen LogP contribution in [0.5, 0.6) is 0 Å². The minimum Gasteiger partial charge on any atom is -0.512 e. The Morgan fingerprint density at radius 1 is 0.955 bits per heavy atom. The van der Waals surface area contributed by atoms with Gasteiger partial charge >= 0.3 is 6.18 Å². The summed E-state index contributed by atoms with van der Waals surface area (Å²) >= 11 is 0. The highest BCUT2D eigenvalue weighted by Crippen LogP contribution is 2.41. The van der Waals surface area contributed by atoms with Gasteiger partial charge in [-0.1, -0.05) is 19.8 Å². The molecule has 126 valence electrons. The van der Waals surface area contributed by atoms with Crippen molar-refractivity contribution in [2.45, 2.75) is 64.5 Å². The van der Waals surface area contributed by atoms with Crippen LogP contribution in [0.1, 0.15) is 58.3 Å². The van der Waals surface area contributed by atoms with E-state index in [9.17, 15) is 23.1 Å². The lowest BCUT2D eigenvalue weighted by Gasteiger charge is -2.29. The highest BCUT2D eigenvalue weighted by molar-refractivity contribution is 5.92. The van der Waals surface area contributed by atoms with Crippen LogP contribution < -0.4 is 0 Å². The van der Waals surface area contributed by atoms with Gasteiger partial charge in [-0.2, -0.15) is 13.2 Å². The molecule has 0 spiro atoms. The van der Waals surface area contributed by atoms with E-state index in [2.05, 4.69) is 6.92 Å². The minimum atomic E-state index is -4.14. The molecule has 2 aliphatic rings. The van der Waals surface area contributed by atoms with Crippen molar-refractivity contribution in [1.29, 1.82) is 0 Å². The summed E-state index contributed by atoms with van der Waals surface area (Å²) in [5.74, 6) is -0.979. The van der Waals surface area contributed by atoms with Crippen LogP contribution in [0.2, 0.25) is 0 Å². The number of rotatable bonds is 3. The third-order valence-corrected chi connectivity index (χ3v) is 5.32. The summed E-state index contributed by atoms with van der Waals surface area (Å²) in [7, 11) is 0. The van der Waals surface area contributed by atoms with Crippen LogP contribution in [0.3, 0.4) is 0 Å². The number of halogens is 3. The average Bonchev–Trinajstić information content (AvgIpc) is 2.47. The van der Waals surface area contributed by atoms with E-state index < -0.39 is 12.1 Å². The van der Waals surface area contributed by atoms with E-state index in [1.165, 1.54) is 6.08 Å². The van der Waals surface area contributed by atoms with Gasteiger partial charge in [-0.3, -0.25) is 4.79 Å². The van der Waals surface area contributed by atoms with Gasteiger partial charge in [0.2, 0.25) is 0 Å². The molecule has 0 unspecified atom stereocenters.